The van der Waals surface area contributed by atoms with Crippen molar-refractivity contribution in [1.82, 2.24) is 4.72 Å². The third-order valence-corrected chi connectivity index (χ3v) is 6.19. The van der Waals surface area contributed by atoms with Gasteiger partial charge >= 0.3 is 6.18 Å². The topological polar surface area (TPSA) is 84.5 Å². The molecule has 0 saturated heterocycles. The van der Waals surface area contributed by atoms with E-state index in [2.05, 4.69) is 10.0 Å². The van der Waals surface area contributed by atoms with Gasteiger partial charge in [0.05, 0.1) is 10.5 Å². The summed E-state index contributed by atoms with van der Waals surface area (Å²) in [5.74, 6) is -0.322. The van der Waals surface area contributed by atoms with Gasteiger partial charge in [-0.25, -0.2) is 13.1 Å². The van der Waals surface area contributed by atoms with Gasteiger partial charge in [-0.3, -0.25) is 4.79 Å². The minimum absolute atomic E-state index is 0.0341. The first kappa shape index (κ1) is 24.3. The molecular weight excluding hydrogens is 457 g/mol. The number of alkyl halides is 3. The molecule has 2 N–H and O–H groups in total. The molecule has 3 rings (SSSR count). The quantitative estimate of drug-likeness (QED) is 0.489. The number of anilines is 1. The molecule has 0 fully saturated rings. The highest BCUT2D eigenvalue weighted by Crippen LogP contribution is 2.29. The summed E-state index contributed by atoms with van der Waals surface area (Å²) in [6.07, 6.45) is -4.46. The molecule has 3 aromatic rings. The van der Waals surface area contributed by atoms with Crippen molar-refractivity contribution in [3.63, 3.8) is 0 Å². The summed E-state index contributed by atoms with van der Waals surface area (Å²) in [6, 6.07) is 18.2. The number of benzene rings is 3. The molecule has 0 unspecified atom stereocenters. The Hall–Kier alpha value is -3.37. The van der Waals surface area contributed by atoms with Crippen LogP contribution in [0.1, 0.15) is 24.1 Å². The van der Waals surface area contributed by atoms with Crippen LogP contribution in [0, 0.1) is 0 Å². The number of carbonyl (C=O) groups excluding carboxylic acids is 1. The predicted molar refractivity (Wildman–Crippen MR) is 117 cm³/mol. The van der Waals surface area contributed by atoms with Gasteiger partial charge in [-0.05, 0) is 61.0 Å². The molecule has 0 spiro atoms. The van der Waals surface area contributed by atoms with E-state index in [9.17, 15) is 26.4 Å². The second kappa shape index (κ2) is 10.1. The zero-order chi connectivity index (χ0) is 24.1. The average molecular weight is 478 g/mol. The number of amides is 1. The first-order chi connectivity index (χ1) is 15.5. The lowest BCUT2D eigenvalue weighted by molar-refractivity contribution is -0.137. The average Bonchev–Trinajstić information content (AvgIpc) is 2.78. The third kappa shape index (κ3) is 6.80. The first-order valence-electron chi connectivity index (χ1n) is 9.82. The van der Waals surface area contributed by atoms with Crippen molar-refractivity contribution < 1.29 is 31.1 Å². The lowest BCUT2D eigenvalue weighted by Crippen LogP contribution is -2.26. The Morgan fingerprint density at radius 3 is 2.12 bits per heavy atom. The van der Waals surface area contributed by atoms with Gasteiger partial charge in [0.25, 0.3) is 5.91 Å². The van der Waals surface area contributed by atoms with Crippen molar-refractivity contribution in [2.24, 2.45) is 0 Å². The maximum atomic E-state index is 12.6. The summed E-state index contributed by atoms with van der Waals surface area (Å²) in [7, 11) is -3.78. The summed E-state index contributed by atoms with van der Waals surface area (Å²) in [5, 5.41) is 2.43. The maximum Gasteiger partial charge on any atom is 0.416 e. The lowest BCUT2D eigenvalue weighted by atomic mass is 10.1. The van der Waals surface area contributed by atoms with Gasteiger partial charge in [0.15, 0.2) is 6.61 Å². The van der Waals surface area contributed by atoms with Gasteiger partial charge < -0.3 is 10.1 Å². The molecular formula is C23H21F3N2O4S. The Bertz CT molecular complexity index is 1180. The van der Waals surface area contributed by atoms with E-state index in [-0.39, 0.29) is 16.3 Å². The molecule has 0 saturated carbocycles. The van der Waals surface area contributed by atoms with Gasteiger partial charge in [-0.15, -0.1) is 0 Å². The Kier molecular flexibility index (Phi) is 7.39. The summed E-state index contributed by atoms with van der Waals surface area (Å²) < 4.78 is 70.9. The molecule has 6 nitrogen and oxygen atoms in total. The normalized spacial score (nSPS) is 12.7. The van der Waals surface area contributed by atoms with E-state index in [1.165, 1.54) is 24.3 Å². The molecule has 0 bridgehead atoms. The van der Waals surface area contributed by atoms with E-state index in [0.29, 0.717) is 0 Å². The molecule has 1 amide bonds. The number of rotatable bonds is 8. The minimum atomic E-state index is -4.46. The van der Waals surface area contributed by atoms with Crippen molar-refractivity contribution in [3.8, 4) is 5.75 Å². The third-order valence-electron chi connectivity index (χ3n) is 4.63. The second-order valence-corrected chi connectivity index (χ2v) is 8.85. The molecule has 0 aliphatic rings. The van der Waals surface area contributed by atoms with E-state index in [0.717, 1.165) is 29.8 Å². The molecule has 174 valence electrons. The van der Waals surface area contributed by atoms with Crippen molar-refractivity contribution in [1.29, 1.82) is 0 Å². The van der Waals surface area contributed by atoms with Crippen LogP contribution in [0.15, 0.2) is 83.8 Å². The van der Waals surface area contributed by atoms with Crippen molar-refractivity contribution >= 4 is 21.6 Å². The molecule has 0 aliphatic carbocycles. The van der Waals surface area contributed by atoms with Crippen LogP contribution in [0.2, 0.25) is 0 Å². The fraction of sp³-hybridized carbons (Fsp3) is 0.174. The smallest absolute Gasteiger partial charge is 0.416 e. The Labute approximate surface area is 189 Å². The minimum Gasteiger partial charge on any atom is -0.484 e. The van der Waals surface area contributed by atoms with Gasteiger partial charge in [0.1, 0.15) is 5.75 Å². The van der Waals surface area contributed by atoms with Crippen LogP contribution < -0.4 is 14.8 Å². The number of sulfonamides is 1. The highest BCUT2D eigenvalue weighted by molar-refractivity contribution is 7.89. The highest BCUT2D eigenvalue weighted by Gasteiger charge is 2.30. The highest BCUT2D eigenvalue weighted by atomic mass is 32.2. The van der Waals surface area contributed by atoms with E-state index in [1.807, 2.05) is 30.3 Å². The van der Waals surface area contributed by atoms with Crippen LogP contribution in [0.4, 0.5) is 18.9 Å². The molecule has 1 atom stereocenters. The fourth-order valence-electron chi connectivity index (χ4n) is 2.91. The summed E-state index contributed by atoms with van der Waals surface area (Å²) >= 11 is 0. The van der Waals surface area contributed by atoms with E-state index in [4.69, 9.17) is 4.74 Å². The zero-order valence-electron chi connectivity index (χ0n) is 17.5. The monoisotopic (exact) mass is 478 g/mol. The van der Waals surface area contributed by atoms with Gasteiger partial charge in [0, 0.05) is 11.7 Å². The van der Waals surface area contributed by atoms with Crippen LogP contribution >= 0.6 is 0 Å². The van der Waals surface area contributed by atoms with Gasteiger partial charge in [-0.2, -0.15) is 13.2 Å². The number of carbonyl (C=O) groups is 1. The van der Waals surface area contributed by atoms with E-state index >= 15 is 0 Å². The summed E-state index contributed by atoms with van der Waals surface area (Å²) in [4.78, 5) is 12.0. The SMILES string of the molecule is C[C@H](NS(=O)(=O)c1ccc(OCC(=O)Nc2ccc(C(F)(F)F)cc2)cc1)c1ccccc1. The number of hydrogen-bond acceptors (Lipinski definition) is 4. The Balaban J connectivity index is 1.54. The largest absolute Gasteiger partial charge is 0.484 e. The second-order valence-electron chi connectivity index (χ2n) is 7.14. The van der Waals surface area contributed by atoms with E-state index in [1.54, 1.807) is 6.92 Å². The zero-order valence-corrected chi connectivity index (χ0v) is 18.3. The van der Waals surface area contributed by atoms with Crippen LogP contribution in [-0.4, -0.2) is 20.9 Å². The van der Waals surface area contributed by atoms with Crippen molar-refractivity contribution in [2.75, 3.05) is 11.9 Å². The fourth-order valence-corrected chi connectivity index (χ4v) is 4.15. The maximum absolute atomic E-state index is 12.6. The molecule has 0 aromatic heterocycles. The molecule has 0 radical (unpaired) electrons. The van der Waals surface area contributed by atoms with Gasteiger partial charge in [0.2, 0.25) is 10.0 Å². The predicted octanol–water partition coefficient (Wildman–Crippen LogP) is 4.76. The number of nitrogens with one attached hydrogen (secondary N) is 2. The molecule has 0 heterocycles. The number of halogens is 3. The van der Waals surface area contributed by atoms with Crippen LogP contribution in [0.25, 0.3) is 0 Å². The van der Waals surface area contributed by atoms with Crippen molar-refractivity contribution in [3.05, 3.63) is 90.0 Å². The molecule has 0 aliphatic heterocycles. The van der Waals surface area contributed by atoms with Crippen LogP contribution in [0.5, 0.6) is 5.75 Å². The number of ether oxygens (including phenoxy) is 1. The summed E-state index contributed by atoms with van der Waals surface area (Å²) in [6.45, 7) is 1.33. The van der Waals surface area contributed by atoms with Crippen LogP contribution in [0.3, 0.4) is 0 Å². The Morgan fingerprint density at radius 2 is 1.55 bits per heavy atom. The molecule has 3 aromatic carbocycles. The standard InChI is InChI=1S/C23H21F3N2O4S/c1-16(17-5-3-2-4-6-17)28-33(30,31)21-13-11-20(12-14-21)32-15-22(29)27-19-9-7-18(8-10-19)23(24,25)26/h2-14,16,28H,15H2,1H3,(H,27,29)/t16-/m0/s1. The number of hydrogen-bond donors (Lipinski definition) is 2. The Morgan fingerprint density at radius 1 is 0.939 bits per heavy atom. The lowest BCUT2D eigenvalue weighted by Gasteiger charge is -2.15. The van der Waals surface area contributed by atoms with Crippen molar-refractivity contribution in [2.45, 2.75) is 24.0 Å². The van der Waals surface area contributed by atoms with E-state index < -0.39 is 40.3 Å². The molecule has 10 heteroatoms. The summed E-state index contributed by atoms with van der Waals surface area (Å²) in [5.41, 5.74) is 0.191. The van der Waals surface area contributed by atoms with Gasteiger partial charge in [-0.1, -0.05) is 30.3 Å². The first-order valence-corrected chi connectivity index (χ1v) is 11.3. The molecule has 33 heavy (non-hydrogen) atoms. The van der Waals surface area contributed by atoms with Crippen LogP contribution in [-0.2, 0) is 21.0 Å².